The zero-order chi connectivity index (χ0) is 17.1. The maximum absolute atomic E-state index is 11.8. The van der Waals surface area contributed by atoms with Crippen molar-refractivity contribution < 1.29 is 4.92 Å². The van der Waals surface area contributed by atoms with Crippen molar-refractivity contribution in [2.75, 3.05) is 31.2 Å². The summed E-state index contributed by atoms with van der Waals surface area (Å²) in [6, 6.07) is 7.93. The molecular weight excluding hydrogens is 314 g/mol. The van der Waals surface area contributed by atoms with Crippen LogP contribution in [0.5, 0.6) is 0 Å². The first-order valence-electron chi connectivity index (χ1n) is 7.56. The van der Waals surface area contributed by atoms with E-state index in [1.54, 1.807) is 12.1 Å². The van der Waals surface area contributed by atoms with E-state index in [2.05, 4.69) is 9.88 Å². The van der Waals surface area contributed by atoms with Crippen LogP contribution in [0.25, 0.3) is 0 Å². The normalized spacial score (nSPS) is 15.4. The summed E-state index contributed by atoms with van der Waals surface area (Å²) in [6.07, 6.45) is 1.47. The Bertz CT molecular complexity index is 851. The number of benzene rings is 1. The fourth-order valence-electron chi connectivity index (χ4n) is 2.77. The molecule has 1 aromatic carbocycles. The predicted molar refractivity (Wildman–Crippen MR) is 87.6 cm³/mol. The maximum Gasteiger partial charge on any atom is 0.347 e. The number of nitro groups is 1. The second kappa shape index (κ2) is 6.67. The van der Waals surface area contributed by atoms with Crippen molar-refractivity contribution in [1.29, 1.82) is 0 Å². The topological polar surface area (TPSA) is 104 Å². The van der Waals surface area contributed by atoms with E-state index in [1.807, 2.05) is 11.1 Å². The average molecular weight is 331 g/mol. The molecule has 0 atom stereocenters. The molecule has 1 aliphatic heterocycles. The summed E-state index contributed by atoms with van der Waals surface area (Å²) in [5.41, 5.74) is 0.111. The molecule has 2 aromatic rings. The van der Waals surface area contributed by atoms with Gasteiger partial charge in [-0.05, 0) is 5.56 Å². The van der Waals surface area contributed by atoms with Crippen LogP contribution in [-0.4, -0.2) is 45.7 Å². The number of hydrogen-bond donors (Lipinski definition) is 1. The van der Waals surface area contributed by atoms with E-state index in [1.165, 1.54) is 23.0 Å². The highest BCUT2D eigenvalue weighted by Gasteiger charge is 2.18. The summed E-state index contributed by atoms with van der Waals surface area (Å²) in [5, 5.41) is 12.7. The molecule has 0 bridgehead atoms. The van der Waals surface area contributed by atoms with Crippen LogP contribution in [-0.2, 0) is 6.54 Å². The third kappa shape index (κ3) is 3.51. The van der Waals surface area contributed by atoms with E-state index >= 15 is 0 Å². The Balaban J connectivity index is 1.63. The second-order valence-corrected chi connectivity index (χ2v) is 5.61. The summed E-state index contributed by atoms with van der Waals surface area (Å²) < 4.78 is 1.41. The molecule has 24 heavy (non-hydrogen) atoms. The van der Waals surface area contributed by atoms with Crippen LogP contribution in [0.15, 0.2) is 46.1 Å². The first kappa shape index (κ1) is 15.9. The van der Waals surface area contributed by atoms with Gasteiger partial charge in [-0.25, -0.2) is 9.47 Å². The highest BCUT2D eigenvalue weighted by atomic mass is 16.6. The fraction of sp³-hybridized carbons (Fsp3) is 0.333. The van der Waals surface area contributed by atoms with Crippen molar-refractivity contribution >= 4 is 5.69 Å². The molecule has 0 amide bonds. The number of nitro benzene ring substituents is 1. The average Bonchev–Trinajstić information content (AvgIpc) is 2.56. The zero-order valence-electron chi connectivity index (χ0n) is 12.9. The number of non-ortho nitro benzene ring substituents is 1. The molecular formula is C15H17N5O4. The number of rotatable bonds is 4. The second-order valence-electron chi connectivity index (χ2n) is 5.61. The smallest absolute Gasteiger partial charge is 0.306 e. The van der Waals surface area contributed by atoms with Gasteiger partial charge in [0.1, 0.15) is 0 Å². The summed E-state index contributed by atoms with van der Waals surface area (Å²) in [6.45, 7) is 3.31. The van der Waals surface area contributed by atoms with Crippen LogP contribution in [0.4, 0.5) is 5.69 Å². The number of aromatic amines is 1. The highest BCUT2D eigenvalue weighted by Crippen LogP contribution is 2.15. The Kier molecular flexibility index (Phi) is 4.43. The summed E-state index contributed by atoms with van der Waals surface area (Å²) >= 11 is 0. The van der Waals surface area contributed by atoms with E-state index in [9.17, 15) is 19.7 Å². The molecule has 0 saturated carbocycles. The van der Waals surface area contributed by atoms with Crippen molar-refractivity contribution in [3.8, 4) is 0 Å². The zero-order valence-corrected chi connectivity index (χ0v) is 12.9. The van der Waals surface area contributed by atoms with Gasteiger partial charge in [0.25, 0.3) is 11.2 Å². The van der Waals surface area contributed by atoms with Gasteiger partial charge in [0.15, 0.2) is 0 Å². The van der Waals surface area contributed by atoms with Gasteiger partial charge in [-0.2, -0.15) is 0 Å². The molecule has 9 heteroatoms. The summed E-state index contributed by atoms with van der Waals surface area (Å²) in [4.78, 5) is 37.8. The van der Waals surface area contributed by atoms with Crippen molar-refractivity contribution in [3.05, 3.63) is 73.0 Å². The van der Waals surface area contributed by atoms with Gasteiger partial charge in [0, 0.05) is 57.1 Å². The van der Waals surface area contributed by atoms with E-state index in [-0.39, 0.29) is 5.69 Å². The first-order valence-corrected chi connectivity index (χ1v) is 7.56. The fourth-order valence-corrected chi connectivity index (χ4v) is 2.77. The van der Waals surface area contributed by atoms with Gasteiger partial charge in [-0.3, -0.25) is 24.8 Å². The quantitative estimate of drug-likeness (QED) is 0.620. The Morgan fingerprint density at radius 2 is 1.88 bits per heavy atom. The lowest BCUT2D eigenvalue weighted by Crippen LogP contribution is -2.54. The standard InChI is InChI=1S/C15H17N5O4/c21-14-4-5-19(15(22)16-14)18-8-6-17(7-9-18)11-12-2-1-3-13(10-12)20(23)24/h1-5,10H,6-9,11H2,(H,16,21,22). The van der Waals surface area contributed by atoms with Crippen molar-refractivity contribution in [1.82, 2.24) is 14.6 Å². The SMILES string of the molecule is O=c1ccn(N2CCN(Cc3cccc([N+](=O)[O-])c3)CC2)c(=O)[nH]1. The maximum atomic E-state index is 11.8. The number of aromatic nitrogens is 2. The monoisotopic (exact) mass is 331 g/mol. The molecule has 0 spiro atoms. The molecule has 3 rings (SSSR count). The Morgan fingerprint density at radius 3 is 2.54 bits per heavy atom. The molecule has 2 heterocycles. The first-order chi connectivity index (χ1) is 11.5. The number of piperazine rings is 1. The molecule has 1 fully saturated rings. The lowest BCUT2D eigenvalue weighted by Gasteiger charge is -2.36. The minimum atomic E-state index is -0.449. The molecule has 0 unspecified atom stereocenters. The van der Waals surface area contributed by atoms with Crippen LogP contribution in [0.2, 0.25) is 0 Å². The van der Waals surface area contributed by atoms with Crippen LogP contribution in [0.3, 0.4) is 0 Å². The molecule has 0 radical (unpaired) electrons. The van der Waals surface area contributed by atoms with E-state index < -0.39 is 16.2 Å². The lowest BCUT2D eigenvalue weighted by molar-refractivity contribution is -0.384. The van der Waals surface area contributed by atoms with Crippen LogP contribution in [0.1, 0.15) is 5.56 Å². The Hall–Kier alpha value is -2.94. The van der Waals surface area contributed by atoms with Gasteiger partial charge in [0.05, 0.1) is 4.92 Å². The number of hydrogen-bond acceptors (Lipinski definition) is 6. The third-order valence-corrected chi connectivity index (χ3v) is 3.99. The minimum absolute atomic E-state index is 0.0888. The van der Waals surface area contributed by atoms with Crippen LogP contribution >= 0.6 is 0 Å². The third-order valence-electron chi connectivity index (χ3n) is 3.99. The minimum Gasteiger partial charge on any atom is -0.306 e. The van der Waals surface area contributed by atoms with Crippen LogP contribution in [0, 0.1) is 10.1 Å². The molecule has 0 aliphatic carbocycles. The molecule has 1 N–H and O–H groups in total. The highest BCUT2D eigenvalue weighted by molar-refractivity contribution is 5.34. The molecule has 126 valence electrons. The van der Waals surface area contributed by atoms with E-state index in [0.29, 0.717) is 32.7 Å². The largest absolute Gasteiger partial charge is 0.347 e. The van der Waals surface area contributed by atoms with Crippen molar-refractivity contribution in [3.63, 3.8) is 0 Å². The van der Waals surface area contributed by atoms with Gasteiger partial charge in [-0.1, -0.05) is 12.1 Å². The van der Waals surface area contributed by atoms with Gasteiger partial charge in [-0.15, -0.1) is 0 Å². The number of nitrogens with zero attached hydrogens (tertiary/aromatic N) is 4. The van der Waals surface area contributed by atoms with Crippen molar-refractivity contribution in [2.24, 2.45) is 0 Å². The molecule has 1 aliphatic rings. The molecule has 1 saturated heterocycles. The molecule has 9 nitrogen and oxygen atoms in total. The van der Waals surface area contributed by atoms with Crippen LogP contribution < -0.4 is 16.3 Å². The Morgan fingerprint density at radius 1 is 1.12 bits per heavy atom. The van der Waals surface area contributed by atoms with Gasteiger partial charge in [0.2, 0.25) is 0 Å². The number of nitrogens with one attached hydrogen (secondary N) is 1. The molecule has 1 aromatic heterocycles. The summed E-state index contributed by atoms with van der Waals surface area (Å²) in [5.74, 6) is 0. The predicted octanol–water partition coefficient (Wildman–Crippen LogP) is -0.101. The van der Waals surface area contributed by atoms with E-state index in [4.69, 9.17) is 0 Å². The Labute approximate surface area is 136 Å². The summed E-state index contributed by atoms with van der Waals surface area (Å²) in [7, 11) is 0. The van der Waals surface area contributed by atoms with E-state index in [0.717, 1.165) is 5.56 Å². The van der Waals surface area contributed by atoms with Crippen molar-refractivity contribution in [2.45, 2.75) is 6.54 Å². The van der Waals surface area contributed by atoms with Gasteiger partial charge >= 0.3 is 5.69 Å². The number of H-pyrrole nitrogens is 1. The lowest BCUT2D eigenvalue weighted by atomic mass is 10.2. The van der Waals surface area contributed by atoms with Gasteiger partial charge < -0.3 is 5.01 Å².